The largest absolute Gasteiger partial charge is 0.317 e. The standard InChI is InChI=1S/C13H14Cl2N4/c14-10-5-9(6-11(15)7-10)13-17-12(18-19-13)8-1-3-16-4-2-8/h5-8,16H,1-4H2,(H,17,18,19). The number of rotatable bonds is 2. The number of nitrogens with zero attached hydrogens (tertiary/aromatic N) is 2. The summed E-state index contributed by atoms with van der Waals surface area (Å²) in [6.07, 6.45) is 2.18. The average molecular weight is 297 g/mol. The highest BCUT2D eigenvalue weighted by Crippen LogP contribution is 2.27. The first kappa shape index (κ1) is 12.9. The van der Waals surface area contributed by atoms with Crippen LogP contribution >= 0.6 is 23.2 Å². The summed E-state index contributed by atoms with van der Waals surface area (Å²) in [7, 11) is 0. The van der Waals surface area contributed by atoms with Crippen LogP contribution in [0.25, 0.3) is 11.4 Å². The van der Waals surface area contributed by atoms with Gasteiger partial charge in [0, 0.05) is 21.5 Å². The van der Waals surface area contributed by atoms with E-state index in [2.05, 4.69) is 20.5 Å². The van der Waals surface area contributed by atoms with Gasteiger partial charge < -0.3 is 5.32 Å². The fourth-order valence-corrected chi connectivity index (χ4v) is 2.89. The molecular weight excluding hydrogens is 283 g/mol. The highest BCUT2D eigenvalue weighted by Gasteiger charge is 2.19. The smallest absolute Gasteiger partial charge is 0.181 e. The Kier molecular flexibility index (Phi) is 3.73. The maximum Gasteiger partial charge on any atom is 0.181 e. The van der Waals surface area contributed by atoms with Gasteiger partial charge in [-0.05, 0) is 44.1 Å². The summed E-state index contributed by atoms with van der Waals surface area (Å²) in [5.74, 6) is 2.06. The van der Waals surface area contributed by atoms with Crippen molar-refractivity contribution in [3.05, 3.63) is 34.1 Å². The van der Waals surface area contributed by atoms with Crippen LogP contribution in [0.1, 0.15) is 24.6 Å². The van der Waals surface area contributed by atoms with E-state index in [9.17, 15) is 0 Å². The van der Waals surface area contributed by atoms with Crippen LogP contribution in [0, 0.1) is 0 Å². The molecule has 1 saturated heterocycles. The summed E-state index contributed by atoms with van der Waals surface area (Å²) in [4.78, 5) is 4.57. The zero-order valence-electron chi connectivity index (χ0n) is 10.3. The Morgan fingerprint density at radius 3 is 2.42 bits per heavy atom. The molecule has 3 rings (SSSR count). The maximum atomic E-state index is 6.00. The first-order chi connectivity index (χ1) is 9.22. The second-order valence-corrected chi connectivity index (χ2v) is 5.60. The Hall–Kier alpha value is -1.10. The van der Waals surface area contributed by atoms with Crippen LogP contribution < -0.4 is 5.32 Å². The first-order valence-corrected chi connectivity index (χ1v) is 7.07. The minimum absolute atomic E-state index is 0.456. The Morgan fingerprint density at radius 1 is 1.05 bits per heavy atom. The predicted molar refractivity (Wildman–Crippen MR) is 76.7 cm³/mol. The SMILES string of the molecule is Clc1cc(Cl)cc(-c2n[nH]c(C3CCNCC3)n2)c1. The van der Waals surface area contributed by atoms with E-state index in [0.29, 0.717) is 21.8 Å². The second kappa shape index (κ2) is 5.49. The van der Waals surface area contributed by atoms with Crippen molar-refractivity contribution >= 4 is 23.2 Å². The lowest BCUT2D eigenvalue weighted by molar-refractivity contribution is 0.446. The molecule has 2 aromatic rings. The summed E-state index contributed by atoms with van der Waals surface area (Å²) in [5.41, 5.74) is 0.842. The van der Waals surface area contributed by atoms with Crippen LogP contribution in [-0.4, -0.2) is 28.3 Å². The van der Waals surface area contributed by atoms with Crippen LogP contribution in [0.3, 0.4) is 0 Å². The van der Waals surface area contributed by atoms with E-state index < -0.39 is 0 Å². The number of H-pyrrole nitrogens is 1. The number of halogens is 2. The van der Waals surface area contributed by atoms with Crippen molar-refractivity contribution in [2.24, 2.45) is 0 Å². The van der Waals surface area contributed by atoms with E-state index in [1.807, 2.05) is 12.1 Å². The number of piperidine rings is 1. The second-order valence-electron chi connectivity index (χ2n) is 4.73. The van der Waals surface area contributed by atoms with Crippen molar-refractivity contribution in [2.75, 3.05) is 13.1 Å². The molecule has 19 heavy (non-hydrogen) atoms. The predicted octanol–water partition coefficient (Wildman–Crippen LogP) is 3.25. The van der Waals surface area contributed by atoms with E-state index in [-0.39, 0.29) is 0 Å². The Labute approximate surface area is 121 Å². The van der Waals surface area contributed by atoms with Crippen molar-refractivity contribution in [1.82, 2.24) is 20.5 Å². The van der Waals surface area contributed by atoms with Gasteiger partial charge in [-0.2, -0.15) is 5.10 Å². The van der Waals surface area contributed by atoms with Crippen molar-refractivity contribution in [1.29, 1.82) is 0 Å². The quantitative estimate of drug-likeness (QED) is 0.894. The zero-order valence-corrected chi connectivity index (χ0v) is 11.8. The number of hydrogen-bond donors (Lipinski definition) is 2. The summed E-state index contributed by atoms with van der Waals surface area (Å²) in [6, 6.07) is 5.35. The van der Waals surface area contributed by atoms with Gasteiger partial charge in [0.05, 0.1) is 0 Å². The van der Waals surface area contributed by atoms with E-state index in [1.165, 1.54) is 0 Å². The monoisotopic (exact) mass is 296 g/mol. The highest BCUT2D eigenvalue weighted by atomic mass is 35.5. The van der Waals surface area contributed by atoms with Gasteiger partial charge in [-0.25, -0.2) is 4.98 Å². The fraction of sp³-hybridized carbons (Fsp3) is 0.385. The number of nitrogens with one attached hydrogen (secondary N) is 2. The highest BCUT2D eigenvalue weighted by molar-refractivity contribution is 6.35. The molecule has 1 aromatic carbocycles. The van der Waals surface area contributed by atoms with Gasteiger partial charge in [0.2, 0.25) is 0 Å². The third-order valence-corrected chi connectivity index (χ3v) is 3.79. The molecule has 2 heterocycles. The van der Waals surface area contributed by atoms with E-state index >= 15 is 0 Å². The van der Waals surface area contributed by atoms with Gasteiger partial charge in [0.1, 0.15) is 5.82 Å². The van der Waals surface area contributed by atoms with Crippen molar-refractivity contribution in [2.45, 2.75) is 18.8 Å². The molecule has 6 heteroatoms. The Bertz CT molecular complexity index is 556. The molecule has 0 amide bonds. The molecule has 0 radical (unpaired) electrons. The molecule has 0 spiro atoms. The van der Waals surface area contributed by atoms with E-state index in [1.54, 1.807) is 6.07 Å². The fourth-order valence-electron chi connectivity index (χ4n) is 2.36. The van der Waals surface area contributed by atoms with E-state index in [0.717, 1.165) is 37.3 Å². The van der Waals surface area contributed by atoms with Crippen LogP contribution in [0.4, 0.5) is 0 Å². The van der Waals surface area contributed by atoms with Crippen LogP contribution in [0.5, 0.6) is 0 Å². The molecule has 0 bridgehead atoms. The summed E-state index contributed by atoms with van der Waals surface area (Å²) in [5, 5.41) is 11.8. The molecule has 2 N–H and O–H groups in total. The van der Waals surface area contributed by atoms with Gasteiger partial charge in [-0.3, -0.25) is 5.10 Å². The number of aromatic nitrogens is 3. The molecule has 0 atom stereocenters. The third-order valence-electron chi connectivity index (χ3n) is 3.35. The molecule has 4 nitrogen and oxygen atoms in total. The van der Waals surface area contributed by atoms with Crippen molar-refractivity contribution in [3.63, 3.8) is 0 Å². The topological polar surface area (TPSA) is 53.6 Å². The summed E-state index contributed by atoms with van der Waals surface area (Å²) < 4.78 is 0. The number of hydrogen-bond acceptors (Lipinski definition) is 3. The van der Waals surface area contributed by atoms with Crippen LogP contribution in [0.15, 0.2) is 18.2 Å². The molecule has 1 aliphatic heterocycles. The molecule has 1 fully saturated rings. The lowest BCUT2D eigenvalue weighted by atomic mass is 9.98. The molecule has 100 valence electrons. The first-order valence-electron chi connectivity index (χ1n) is 6.32. The van der Waals surface area contributed by atoms with Gasteiger partial charge in [-0.1, -0.05) is 23.2 Å². The summed E-state index contributed by atoms with van der Waals surface area (Å²) in [6.45, 7) is 2.06. The Morgan fingerprint density at radius 2 is 1.74 bits per heavy atom. The zero-order chi connectivity index (χ0) is 13.2. The van der Waals surface area contributed by atoms with Gasteiger partial charge in [0.25, 0.3) is 0 Å². The minimum atomic E-state index is 0.456. The summed E-state index contributed by atoms with van der Waals surface area (Å²) >= 11 is 12.0. The van der Waals surface area contributed by atoms with Crippen LogP contribution in [-0.2, 0) is 0 Å². The van der Waals surface area contributed by atoms with Crippen LogP contribution in [0.2, 0.25) is 10.0 Å². The van der Waals surface area contributed by atoms with Gasteiger partial charge in [0.15, 0.2) is 5.82 Å². The van der Waals surface area contributed by atoms with E-state index in [4.69, 9.17) is 23.2 Å². The molecule has 0 aliphatic carbocycles. The van der Waals surface area contributed by atoms with Gasteiger partial charge >= 0.3 is 0 Å². The normalized spacial score (nSPS) is 16.7. The molecule has 1 aromatic heterocycles. The molecule has 1 aliphatic rings. The minimum Gasteiger partial charge on any atom is -0.317 e. The maximum absolute atomic E-state index is 6.00. The van der Waals surface area contributed by atoms with Crippen molar-refractivity contribution in [3.8, 4) is 11.4 Å². The molecule has 0 unspecified atom stereocenters. The lowest BCUT2D eigenvalue weighted by Gasteiger charge is -2.19. The average Bonchev–Trinajstić information content (AvgIpc) is 2.88. The molecular formula is C13H14Cl2N4. The Balaban J connectivity index is 1.87. The molecule has 0 saturated carbocycles. The van der Waals surface area contributed by atoms with Gasteiger partial charge in [-0.15, -0.1) is 0 Å². The number of benzene rings is 1. The lowest BCUT2D eigenvalue weighted by Crippen LogP contribution is -2.27. The third kappa shape index (κ3) is 2.91. The van der Waals surface area contributed by atoms with Crippen molar-refractivity contribution < 1.29 is 0 Å². The number of aromatic amines is 1.